The van der Waals surface area contributed by atoms with Crippen molar-refractivity contribution >= 4 is 43.5 Å². The second-order valence-electron chi connectivity index (χ2n) is 4.28. The van der Waals surface area contributed by atoms with Crippen LogP contribution in [-0.4, -0.2) is 7.05 Å². The van der Waals surface area contributed by atoms with Gasteiger partial charge >= 0.3 is 0 Å². The highest BCUT2D eigenvalue weighted by molar-refractivity contribution is 9.10. The number of rotatable bonds is 5. The molecule has 2 aromatic rings. The zero-order valence-corrected chi connectivity index (χ0v) is 14.8. The molecular formula is C15H14Br2ClNO. The van der Waals surface area contributed by atoms with Crippen LogP contribution in [0.4, 0.5) is 0 Å². The standard InChI is InChI=1S/C15H14Br2ClNO/c1-19-8-10-3-2-4-13(17)15(10)20-9-11-5-6-12(16)7-14(11)18/h2-7,19H,8-9H2,1H3. The molecule has 0 aliphatic carbocycles. The monoisotopic (exact) mass is 417 g/mol. The summed E-state index contributed by atoms with van der Waals surface area (Å²) >= 11 is 13.1. The molecule has 20 heavy (non-hydrogen) atoms. The second kappa shape index (κ2) is 7.46. The Kier molecular flexibility index (Phi) is 5.90. The third kappa shape index (κ3) is 3.98. The van der Waals surface area contributed by atoms with Gasteiger partial charge in [0.05, 0.1) is 4.47 Å². The van der Waals surface area contributed by atoms with Gasteiger partial charge in [0.25, 0.3) is 0 Å². The van der Waals surface area contributed by atoms with Crippen LogP contribution in [0.25, 0.3) is 0 Å². The normalized spacial score (nSPS) is 10.6. The Balaban J connectivity index is 2.18. The molecule has 0 bridgehead atoms. The molecule has 0 atom stereocenters. The van der Waals surface area contributed by atoms with E-state index < -0.39 is 0 Å². The van der Waals surface area contributed by atoms with E-state index in [1.165, 1.54) is 0 Å². The Hall–Kier alpha value is -0.550. The van der Waals surface area contributed by atoms with Crippen LogP contribution in [0.15, 0.2) is 45.3 Å². The van der Waals surface area contributed by atoms with E-state index in [9.17, 15) is 0 Å². The molecule has 2 rings (SSSR count). The molecule has 0 saturated heterocycles. The summed E-state index contributed by atoms with van der Waals surface area (Å²) in [5, 5.41) is 3.83. The van der Waals surface area contributed by atoms with E-state index in [2.05, 4.69) is 37.2 Å². The first-order chi connectivity index (χ1) is 9.61. The third-order valence-electron chi connectivity index (χ3n) is 2.80. The fourth-order valence-corrected chi connectivity index (χ4v) is 3.08. The number of para-hydroxylation sites is 1. The molecule has 0 unspecified atom stereocenters. The van der Waals surface area contributed by atoms with Gasteiger partial charge in [-0.25, -0.2) is 0 Å². The summed E-state index contributed by atoms with van der Waals surface area (Å²) in [6.07, 6.45) is 0. The van der Waals surface area contributed by atoms with E-state index in [0.29, 0.717) is 11.6 Å². The first-order valence-corrected chi connectivity index (χ1v) is 8.07. The Morgan fingerprint density at radius 1 is 1.15 bits per heavy atom. The average molecular weight is 420 g/mol. The fourth-order valence-electron chi connectivity index (χ4n) is 1.83. The topological polar surface area (TPSA) is 21.3 Å². The maximum absolute atomic E-state index is 6.20. The zero-order valence-electron chi connectivity index (χ0n) is 10.9. The summed E-state index contributed by atoms with van der Waals surface area (Å²) in [6.45, 7) is 1.19. The molecular weight excluding hydrogens is 405 g/mol. The van der Waals surface area contributed by atoms with Gasteiger partial charge in [0.15, 0.2) is 0 Å². The molecule has 0 radical (unpaired) electrons. The summed E-state index contributed by atoms with van der Waals surface area (Å²) < 4.78 is 7.84. The molecule has 0 saturated carbocycles. The van der Waals surface area contributed by atoms with Crippen molar-refractivity contribution in [2.75, 3.05) is 7.05 Å². The van der Waals surface area contributed by atoms with Crippen LogP contribution >= 0.6 is 43.5 Å². The molecule has 0 spiro atoms. The van der Waals surface area contributed by atoms with Gasteiger partial charge in [-0.1, -0.05) is 45.7 Å². The number of nitrogens with one attached hydrogen (secondary N) is 1. The van der Waals surface area contributed by atoms with Gasteiger partial charge in [0.2, 0.25) is 0 Å². The maximum Gasteiger partial charge on any atom is 0.138 e. The fraction of sp³-hybridized carbons (Fsp3) is 0.200. The van der Waals surface area contributed by atoms with Crippen LogP contribution in [0.3, 0.4) is 0 Å². The Morgan fingerprint density at radius 3 is 2.65 bits per heavy atom. The minimum Gasteiger partial charge on any atom is -0.487 e. The predicted octanol–water partition coefficient (Wildman–Crippen LogP) is 5.16. The van der Waals surface area contributed by atoms with Crippen molar-refractivity contribution in [3.63, 3.8) is 0 Å². The highest BCUT2D eigenvalue weighted by Gasteiger charge is 2.09. The number of halogens is 3. The van der Waals surface area contributed by atoms with Gasteiger partial charge in [0, 0.05) is 27.2 Å². The van der Waals surface area contributed by atoms with Gasteiger partial charge < -0.3 is 10.1 Å². The highest BCUT2D eigenvalue weighted by Crippen LogP contribution is 2.31. The smallest absolute Gasteiger partial charge is 0.138 e. The third-order valence-corrected chi connectivity index (χ3v) is 4.27. The number of benzene rings is 2. The van der Waals surface area contributed by atoms with Crippen LogP contribution < -0.4 is 10.1 Å². The van der Waals surface area contributed by atoms with Gasteiger partial charge in [0.1, 0.15) is 12.4 Å². The van der Waals surface area contributed by atoms with E-state index in [0.717, 1.165) is 32.4 Å². The van der Waals surface area contributed by atoms with E-state index in [1.54, 1.807) is 0 Å². The van der Waals surface area contributed by atoms with Crippen molar-refractivity contribution in [1.82, 2.24) is 5.32 Å². The lowest BCUT2D eigenvalue weighted by Gasteiger charge is -2.14. The lowest BCUT2D eigenvalue weighted by Crippen LogP contribution is -2.08. The molecule has 2 aromatic carbocycles. The van der Waals surface area contributed by atoms with E-state index in [-0.39, 0.29) is 0 Å². The van der Waals surface area contributed by atoms with E-state index in [4.69, 9.17) is 16.3 Å². The lowest BCUT2D eigenvalue weighted by molar-refractivity contribution is 0.300. The summed E-state index contributed by atoms with van der Waals surface area (Å²) in [4.78, 5) is 0. The Bertz CT molecular complexity index is 604. The van der Waals surface area contributed by atoms with E-state index >= 15 is 0 Å². The van der Waals surface area contributed by atoms with Gasteiger partial charge in [-0.05, 0) is 41.2 Å². The first-order valence-electron chi connectivity index (χ1n) is 6.10. The van der Waals surface area contributed by atoms with Crippen molar-refractivity contribution in [1.29, 1.82) is 0 Å². The molecule has 106 valence electrons. The number of ether oxygens (including phenoxy) is 1. The quantitative estimate of drug-likeness (QED) is 0.723. The molecule has 0 amide bonds. The van der Waals surface area contributed by atoms with Crippen LogP contribution in [0.2, 0.25) is 5.02 Å². The van der Waals surface area contributed by atoms with Gasteiger partial charge in [-0.3, -0.25) is 0 Å². The van der Waals surface area contributed by atoms with Crippen LogP contribution in [0.5, 0.6) is 5.75 Å². The molecule has 5 heteroatoms. The average Bonchev–Trinajstić information content (AvgIpc) is 2.40. The molecule has 0 aromatic heterocycles. The largest absolute Gasteiger partial charge is 0.487 e. The van der Waals surface area contributed by atoms with Gasteiger partial charge in [-0.15, -0.1) is 0 Å². The lowest BCUT2D eigenvalue weighted by atomic mass is 10.2. The predicted molar refractivity (Wildman–Crippen MR) is 90.4 cm³/mol. The molecule has 0 fully saturated rings. The minimum absolute atomic E-state index is 0.436. The molecule has 2 nitrogen and oxygen atoms in total. The number of hydrogen-bond donors (Lipinski definition) is 1. The van der Waals surface area contributed by atoms with Gasteiger partial charge in [-0.2, -0.15) is 0 Å². The van der Waals surface area contributed by atoms with Crippen LogP contribution in [0.1, 0.15) is 11.1 Å². The maximum atomic E-state index is 6.20. The molecule has 1 N–H and O–H groups in total. The molecule has 0 aliphatic heterocycles. The van der Waals surface area contributed by atoms with E-state index in [1.807, 2.05) is 43.4 Å². The van der Waals surface area contributed by atoms with Crippen LogP contribution in [0, 0.1) is 0 Å². The summed E-state index contributed by atoms with van der Waals surface area (Å²) in [5.41, 5.74) is 2.07. The molecule has 0 aliphatic rings. The van der Waals surface area contributed by atoms with Crippen molar-refractivity contribution < 1.29 is 4.74 Å². The Morgan fingerprint density at radius 2 is 1.95 bits per heavy atom. The second-order valence-corrected chi connectivity index (χ2v) is 6.46. The first kappa shape index (κ1) is 15.8. The van der Waals surface area contributed by atoms with Crippen molar-refractivity contribution in [3.8, 4) is 5.75 Å². The summed E-state index contributed by atoms with van der Waals surface area (Å²) in [5.74, 6) is 0.848. The SMILES string of the molecule is CNCc1cccc(Br)c1OCc1ccc(Br)cc1Cl. The van der Waals surface area contributed by atoms with Crippen molar-refractivity contribution in [2.45, 2.75) is 13.2 Å². The van der Waals surface area contributed by atoms with Crippen molar-refractivity contribution in [2.24, 2.45) is 0 Å². The summed E-state index contributed by atoms with van der Waals surface area (Å²) in [6, 6.07) is 11.8. The minimum atomic E-state index is 0.436. The number of hydrogen-bond acceptors (Lipinski definition) is 2. The Labute approximate surface area is 140 Å². The van der Waals surface area contributed by atoms with Crippen molar-refractivity contribution in [3.05, 3.63) is 61.5 Å². The van der Waals surface area contributed by atoms with Crippen LogP contribution in [-0.2, 0) is 13.2 Å². The highest BCUT2D eigenvalue weighted by atomic mass is 79.9. The zero-order chi connectivity index (χ0) is 14.5. The summed E-state index contributed by atoms with van der Waals surface area (Å²) in [7, 11) is 1.91. The molecule has 0 heterocycles.